The SMILES string of the molecule is COCCc1noc(CN2CCC[C@@H](c3ccnn3C)C2)n1. The molecule has 0 bridgehead atoms. The number of rotatable bonds is 6. The van der Waals surface area contributed by atoms with Gasteiger partial charge in [0, 0.05) is 44.9 Å². The van der Waals surface area contributed by atoms with Crippen LogP contribution in [0.4, 0.5) is 0 Å². The fraction of sp³-hybridized carbons (Fsp3) is 0.667. The first-order valence-corrected chi connectivity index (χ1v) is 7.77. The van der Waals surface area contributed by atoms with Crippen molar-refractivity contribution < 1.29 is 9.26 Å². The summed E-state index contributed by atoms with van der Waals surface area (Å²) in [5.74, 6) is 1.94. The first-order chi connectivity index (χ1) is 10.8. The summed E-state index contributed by atoms with van der Waals surface area (Å²) in [6, 6.07) is 2.11. The normalized spacial score (nSPS) is 19.6. The summed E-state index contributed by atoms with van der Waals surface area (Å²) in [6.45, 7) is 3.42. The van der Waals surface area contributed by atoms with Crippen LogP contribution in [0.3, 0.4) is 0 Å². The monoisotopic (exact) mass is 305 g/mol. The molecule has 1 saturated heterocycles. The molecule has 120 valence electrons. The van der Waals surface area contributed by atoms with Crippen LogP contribution in [0.25, 0.3) is 0 Å². The quantitative estimate of drug-likeness (QED) is 0.803. The highest BCUT2D eigenvalue weighted by atomic mass is 16.5. The van der Waals surface area contributed by atoms with Crippen LogP contribution in [0, 0.1) is 0 Å². The topological polar surface area (TPSA) is 69.2 Å². The third kappa shape index (κ3) is 3.53. The summed E-state index contributed by atoms with van der Waals surface area (Å²) >= 11 is 0. The second-order valence-electron chi connectivity index (χ2n) is 5.80. The molecule has 3 heterocycles. The van der Waals surface area contributed by atoms with E-state index in [4.69, 9.17) is 9.26 Å². The second kappa shape index (κ2) is 7.02. The lowest BCUT2D eigenvalue weighted by molar-refractivity contribution is 0.174. The second-order valence-corrected chi connectivity index (χ2v) is 5.80. The third-order valence-electron chi connectivity index (χ3n) is 4.18. The van der Waals surface area contributed by atoms with Crippen LogP contribution in [0.15, 0.2) is 16.8 Å². The highest BCUT2D eigenvalue weighted by molar-refractivity contribution is 5.09. The molecular formula is C15H23N5O2. The van der Waals surface area contributed by atoms with Crippen molar-refractivity contribution in [1.29, 1.82) is 0 Å². The third-order valence-corrected chi connectivity index (χ3v) is 4.18. The van der Waals surface area contributed by atoms with Gasteiger partial charge in [-0.15, -0.1) is 0 Å². The Morgan fingerprint density at radius 3 is 3.14 bits per heavy atom. The Labute approximate surface area is 130 Å². The lowest BCUT2D eigenvalue weighted by Gasteiger charge is -2.31. The summed E-state index contributed by atoms with van der Waals surface area (Å²) in [7, 11) is 3.68. The number of hydrogen-bond donors (Lipinski definition) is 0. The Balaban J connectivity index is 1.58. The van der Waals surface area contributed by atoms with Crippen molar-refractivity contribution >= 4 is 0 Å². The molecule has 7 heteroatoms. The molecule has 0 saturated carbocycles. The van der Waals surface area contributed by atoms with E-state index >= 15 is 0 Å². The minimum Gasteiger partial charge on any atom is -0.384 e. The van der Waals surface area contributed by atoms with E-state index in [9.17, 15) is 0 Å². The standard InChI is InChI=1S/C15H23N5O2/c1-19-13(5-7-16-19)12-4-3-8-20(10-12)11-15-17-14(18-22-15)6-9-21-2/h5,7,12H,3-4,6,8-11H2,1-2H3/t12-/m1/s1. The molecule has 2 aromatic heterocycles. The van der Waals surface area contributed by atoms with Gasteiger partial charge >= 0.3 is 0 Å². The van der Waals surface area contributed by atoms with Gasteiger partial charge in [-0.1, -0.05) is 5.16 Å². The maximum Gasteiger partial charge on any atom is 0.240 e. The first-order valence-electron chi connectivity index (χ1n) is 7.77. The highest BCUT2D eigenvalue weighted by Gasteiger charge is 2.24. The van der Waals surface area contributed by atoms with Crippen molar-refractivity contribution in [3.05, 3.63) is 29.7 Å². The van der Waals surface area contributed by atoms with E-state index in [-0.39, 0.29) is 0 Å². The molecule has 0 amide bonds. The zero-order chi connectivity index (χ0) is 15.4. The molecule has 1 atom stereocenters. The van der Waals surface area contributed by atoms with Crippen LogP contribution >= 0.6 is 0 Å². The number of methoxy groups -OCH3 is 1. The number of ether oxygens (including phenoxy) is 1. The molecule has 3 rings (SSSR count). The Morgan fingerprint density at radius 2 is 2.36 bits per heavy atom. The molecule has 0 N–H and O–H groups in total. The fourth-order valence-electron chi connectivity index (χ4n) is 3.07. The lowest BCUT2D eigenvalue weighted by atomic mass is 9.95. The predicted molar refractivity (Wildman–Crippen MR) is 80.3 cm³/mol. The Bertz CT molecular complexity index is 594. The van der Waals surface area contributed by atoms with Crippen LogP contribution in [-0.4, -0.2) is 51.6 Å². The first kappa shape index (κ1) is 15.2. The average Bonchev–Trinajstić information content (AvgIpc) is 3.14. The van der Waals surface area contributed by atoms with Gasteiger partial charge in [0.05, 0.1) is 13.2 Å². The molecule has 0 spiro atoms. The Morgan fingerprint density at radius 1 is 1.45 bits per heavy atom. The van der Waals surface area contributed by atoms with Gasteiger partial charge in [0.15, 0.2) is 5.82 Å². The van der Waals surface area contributed by atoms with E-state index in [0.29, 0.717) is 31.4 Å². The highest BCUT2D eigenvalue weighted by Crippen LogP contribution is 2.27. The number of likely N-dealkylation sites (tertiary alicyclic amines) is 1. The summed E-state index contributed by atoms with van der Waals surface area (Å²) in [6.07, 6.45) is 4.95. The molecule has 0 aromatic carbocycles. The zero-order valence-corrected chi connectivity index (χ0v) is 13.2. The Hall–Kier alpha value is -1.73. The van der Waals surface area contributed by atoms with E-state index in [1.165, 1.54) is 18.5 Å². The van der Waals surface area contributed by atoms with E-state index in [2.05, 4.69) is 26.2 Å². The molecule has 2 aromatic rings. The van der Waals surface area contributed by atoms with Crippen LogP contribution in [0.1, 0.15) is 36.2 Å². The van der Waals surface area contributed by atoms with Gasteiger partial charge in [0.2, 0.25) is 5.89 Å². The molecule has 7 nitrogen and oxygen atoms in total. The van der Waals surface area contributed by atoms with Gasteiger partial charge in [-0.3, -0.25) is 9.58 Å². The number of aromatic nitrogens is 4. The van der Waals surface area contributed by atoms with Crippen LogP contribution in [-0.2, 0) is 24.8 Å². The van der Waals surface area contributed by atoms with Crippen molar-refractivity contribution in [2.45, 2.75) is 31.7 Å². The number of aryl methyl sites for hydroxylation is 1. The fourth-order valence-corrected chi connectivity index (χ4v) is 3.07. The molecular weight excluding hydrogens is 282 g/mol. The van der Waals surface area contributed by atoms with Gasteiger partial charge in [-0.25, -0.2) is 0 Å². The van der Waals surface area contributed by atoms with Crippen molar-refractivity contribution in [3.8, 4) is 0 Å². The summed E-state index contributed by atoms with van der Waals surface area (Å²) in [4.78, 5) is 6.81. The number of hydrogen-bond acceptors (Lipinski definition) is 6. The molecule has 0 aliphatic carbocycles. The van der Waals surface area contributed by atoms with E-state index in [0.717, 1.165) is 18.9 Å². The molecule has 0 radical (unpaired) electrons. The number of piperidine rings is 1. The Kier molecular flexibility index (Phi) is 4.84. The van der Waals surface area contributed by atoms with Crippen molar-refractivity contribution in [2.75, 3.05) is 26.8 Å². The smallest absolute Gasteiger partial charge is 0.240 e. The van der Waals surface area contributed by atoms with Gasteiger partial charge in [0.25, 0.3) is 0 Å². The molecule has 1 aliphatic rings. The van der Waals surface area contributed by atoms with Crippen LogP contribution in [0.2, 0.25) is 0 Å². The summed E-state index contributed by atoms with van der Waals surface area (Å²) in [5, 5.41) is 8.27. The lowest BCUT2D eigenvalue weighted by Crippen LogP contribution is -2.34. The molecule has 1 fully saturated rings. The van der Waals surface area contributed by atoms with Gasteiger partial charge in [0.1, 0.15) is 0 Å². The molecule has 1 aliphatic heterocycles. The summed E-state index contributed by atoms with van der Waals surface area (Å²) < 4.78 is 12.3. The summed E-state index contributed by atoms with van der Waals surface area (Å²) in [5.41, 5.74) is 1.30. The van der Waals surface area contributed by atoms with Gasteiger partial charge in [-0.2, -0.15) is 10.1 Å². The van der Waals surface area contributed by atoms with Crippen LogP contribution in [0.5, 0.6) is 0 Å². The van der Waals surface area contributed by atoms with E-state index in [1.807, 2.05) is 17.9 Å². The van der Waals surface area contributed by atoms with Crippen molar-refractivity contribution in [1.82, 2.24) is 24.8 Å². The van der Waals surface area contributed by atoms with Gasteiger partial charge in [-0.05, 0) is 25.5 Å². The van der Waals surface area contributed by atoms with Gasteiger partial charge < -0.3 is 9.26 Å². The molecule has 0 unspecified atom stereocenters. The largest absolute Gasteiger partial charge is 0.384 e. The minimum absolute atomic E-state index is 0.525. The predicted octanol–water partition coefficient (Wildman–Crippen LogP) is 1.37. The zero-order valence-electron chi connectivity index (χ0n) is 13.2. The molecule has 22 heavy (non-hydrogen) atoms. The van der Waals surface area contributed by atoms with E-state index < -0.39 is 0 Å². The maximum absolute atomic E-state index is 5.34. The number of nitrogens with zero attached hydrogens (tertiary/aromatic N) is 5. The average molecular weight is 305 g/mol. The van der Waals surface area contributed by atoms with Crippen molar-refractivity contribution in [2.24, 2.45) is 7.05 Å². The minimum atomic E-state index is 0.525. The van der Waals surface area contributed by atoms with Crippen LogP contribution < -0.4 is 0 Å². The van der Waals surface area contributed by atoms with E-state index in [1.54, 1.807) is 7.11 Å². The maximum atomic E-state index is 5.34. The van der Waals surface area contributed by atoms with Crippen molar-refractivity contribution in [3.63, 3.8) is 0 Å².